The van der Waals surface area contributed by atoms with Gasteiger partial charge >= 0.3 is 0 Å². The van der Waals surface area contributed by atoms with Gasteiger partial charge in [-0.2, -0.15) is 18.9 Å². The van der Waals surface area contributed by atoms with Crippen LogP contribution < -0.4 is 0 Å². The molecule has 2 aromatic carbocycles. The quantitative estimate of drug-likeness (QED) is 0.289. The van der Waals surface area contributed by atoms with Crippen LogP contribution in [0.15, 0.2) is 24.3 Å². The van der Waals surface area contributed by atoms with E-state index in [0.717, 1.165) is 12.8 Å². The van der Waals surface area contributed by atoms with Crippen LogP contribution in [0.25, 0.3) is 10.8 Å². The van der Waals surface area contributed by atoms with Crippen LogP contribution >= 0.6 is 0 Å². The van der Waals surface area contributed by atoms with Crippen LogP contribution in [0.2, 0.25) is 0 Å². The summed E-state index contributed by atoms with van der Waals surface area (Å²) in [5.41, 5.74) is 4.33. The maximum absolute atomic E-state index is 3.60. The van der Waals surface area contributed by atoms with E-state index in [4.69, 9.17) is 0 Å². The molecule has 0 N–H and O–H groups in total. The van der Waals surface area contributed by atoms with E-state index in [0.29, 0.717) is 11.8 Å². The summed E-state index contributed by atoms with van der Waals surface area (Å²) in [5, 5.41) is 2.85. The van der Waals surface area contributed by atoms with E-state index in [1.54, 1.807) is 0 Å². The first-order valence-electron chi connectivity index (χ1n) is 9.61. The normalized spacial score (nSPS) is 10.0. The van der Waals surface area contributed by atoms with Gasteiger partial charge < -0.3 is 13.8 Å². The molecule has 0 nitrogen and oxygen atoms in total. The van der Waals surface area contributed by atoms with Crippen molar-refractivity contribution in [3.63, 3.8) is 0 Å². The van der Waals surface area contributed by atoms with Gasteiger partial charge in [0.1, 0.15) is 0 Å². The maximum Gasteiger partial charge on any atom is 0 e. The monoisotopic (exact) mass is 507 g/mol. The number of aryl methyl sites for hydroxylation is 1. The molecule has 25 heavy (non-hydrogen) atoms. The van der Waals surface area contributed by atoms with Gasteiger partial charge in [-0.3, -0.25) is 0 Å². The molecular formula is C24H39Hf-3. The molecule has 0 saturated carbocycles. The van der Waals surface area contributed by atoms with Gasteiger partial charge in [0.15, 0.2) is 0 Å². The molecule has 0 amide bonds. The summed E-state index contributed by atoms with van der Waals surface area (Å²) in [7, 11) is 0. The van der Waals surface area contributed by atoms with Crippen LogP contribution in [0.1, 0.15) is 95.8 Å². The molecule has 0 spiro atoms. The average Bonchev–Trinajstić information content (AvgIpc) is 2.94. The largest absolute Gasteiger partial charge is 0.343 e. The van der Waals surface area contributed by atoms with Crippen LogP contribution in [0.4, 0.5) is 0 Å². The molecule has 1 heteroatoms. The van der Waals surface area contributed by atoms with Gasteiger partial charge in [0.05, 0.1) is 0 Å². The number of benzene rings is 1. The standard InChI is InChI=1S/C16H21.2C4H9.Hf/c1-10(2)13-8-14-6-12(5)7-16(14)15(9-13)11(3)4;2*1-3-4-2;/h6-11H,1-5H3;2*1,3-4H2,2H3;/q3*-1;. The first kappa shape index (κ1) is 26.9. The number of rotatable bonds is 4. The Hall–Kier alpha value is -0.300. The number of hydrogen-bond donors (Lipinski definition) is 0. The Morgan fingerprint density at radius 1 is 0.880 bits per heavy atom. The Morgan fingerprint density at radius 2 is 1.36 bits per heavy atom. The zero-order valence-corrected chi connectivity index (χ0v) is 21.3. The second kappa shape index (κ2) is 14.8. The molecule has 0 bridgehead atoms. The van der Waals surface area contributed by atoms with E-state index in [1.165, 1.54) is 40.3 Å². The van der Waals surface area contributed by atoms with Crippen molar-refractivity contribution in [3.05, 3.63) is 54.8 Å². The second-order valence-electron chi connectivity index (χ2n) is 7.16. The summed E-state index contributed by atoms with van der Waals surface area (Å²) in [4.78, 5) is 0. The Kier molecular flexibility index (Phi) is 16.0. The molecule has 142 valence electrons. The fourth-order valence-electron chi connectivity index (χ4n) is 2.33. The fourth-order valence-corrected chi connectivity index (χ4v) is 2.33. The molecule has 0 saturated heterocycles. The minimum atomic E-state index is 0. The van der Waals surface area contributed by atoms with Gasteiger partial charge in [-0.1, -0.05) is 78.5 Å². The molecule has 0 aliphatic heterocycles. The van der Waals surface area contributed by atoms with Gasteiger partial charge in [-0.25, -0.2) is 0 Å². The molecule has 0 radical (unpaired) electrons. The first-order valence-corrected chi connectivity index (χ1v) is 9.61. The van der Waals surface area contributed by atoms with E-state index in [9.17, 15) is 0 Å². The Balaban J connectivity index is 0. The number of unbranched alkanes of at least 4 members (excludes halogenated alkanes) is 2. The first-order chi connectivity index (χ1) is 11.3. The van der Waals surface area contributed by atoms with Crippen molar-refractivity contribution in [1.82, 2.24) is 0 Å². The molecule has 0 aliphatic carbocycles. The van der Waals surface area contributed by atoms with Gasteiger partial charge in [0.2, 0.25) is 0 Å². The number of fused-ring (bicyclic) bond motifs is 1. The molecule has 2 rings (SSSR count). The molecule has 0 aliphatic rings. The molecule has 0 fully saturated rings. The van der Waals surface area contributed by atoms with Crippen molar-refractivity contribution in [1.29, 1.82) is 0 Å². The summed E-state index contributed by atoms with van der Waals surface area (Å²) < 4.78 is 0. The summed E-state index contributed by atoms with van der Waals surface area (Å²) in [6, 6.07) is 9.35. The summed E-state index contributed by atoms with van der Waals surface area (Å²) in [5.74, 6) is 1.21. The topological polar surface area (TPSA) is 0 Å². The SMILES string of the molecule is Cc1cc2c(C(C)C)cc(C(C)C)cc2[cH-]1.[CH2-]CCC.[CH2-]CCC.[Hf]. The molecule has 0 aromatic heterocycles. The third-order valence-electron chi connectivity index (χ3n) is 4.02. The van der Waals surface area contributed by atoms with E-state index in [1.807, 2.05) is 0 Å². The zero-order chi connectivity index (χ0) is 18.7. The number of hydrogen-bond acceptors (Lipinski definition) is 0. The second-order valence-corrected chi connectivity index (χ2v) is 7.16. The summed E-state index contributed by atoms with van der Waals surface area (Å²) in [6.07, 6.45) is 4.56. The van der Waals surface area contributed by atoms with E-state index >= 15 is 0 Å². The predicted octanol–water partition coefficient (Wildman–Crippen LogP) is 8.35. The average molecular weight is 506 g/mol. The van der Waals surface area contributed by atoms with E-state index in [2.05, 4.69) is 86.6 Å². The van der Waals surface area contributed by atoms with Crippen LogP contribution in [0.3, 0.4) is 0 Å². The van der Waals surface area contributed by atoms with E-state index in [-0.39, 0.29) is 25.8 Å². The summed E-state index contributed by atoms with van der Waals surface area (Å²) in [6.45, 7) is 22.7. The third-order valence-corrected chi connectivity index (χ3v) is 4.02. The Labute approximate surface area is 176 Å². The van der Waals surface area contributed by atoms with Crippen molar-refractivity contribution in [2.45, 2.75) is 86.0 Å². The molecule has 0 atom stereocenters. The zero-order valence-electron chi connectivity index (χ0n) is 17.7. The smallest absolute Gasteiger partial charge is 0 e. The van der Waals surface area contributed by atoms with Gasteiger partial charge in [0.25, 0.3) is 0 Å². The van der Waals surface area contributed by atoms with Crippen LogP contribution in [-0.4, -0.2) is 0 Å². The van der Waals surface area contributed by atoms with Crippen molar-refractivity contribution in [3.8, 4) is 0 Å². The van der Waals surface area contributed by atoms with Crippen molar-refractivity contribution < 1.29 is 25.8 Å². The van der Waals surface area contributed by atoms with Crippen molar-refractivity contribution in [2.24, 2.45) is 0 Å². The van der Waals surface area contributed by atoms with Gasteiger partial charge in [-0.15, -0.1) is 28.5 Å². The maximum atomic E-state index is 3.60. The van der Waals surface area contributed by atoms with Crippen LogP contribution in [0, 0.1) is 20.8 Å². The van der Waals surface area contributed by atoms with E-state index < -0.39 is 0 Å². The van der Waals surface area contributed by atoms with Gasteiger partial charge in [-0.05, 0) is 11.8 Å². The summed E-state index contributed by atoms with van der Waals surface area (Å²) >= 11 is 0. The third kappa shape index (κ3) is 9.83. The Bertz CT molecular complexity index is 553. The fraction of sp³-hybridized carbons (Fsp3) is 0.542. The van der Waals surface area contributed by atoms with Gasteiger partial charge in [0, 0.05) is 25.8 Å². The molecular weight excluding hydrogens is 467 g/mol. The van der Waals surface area contributed by atoms with Crippen molar-refractivity contribution >= 4 is 10.8 Å². The molecule has 0 unspecified atom stereocenters. The Morgan fingerprint density at radius 3 is 1.72 bits per heavy atom. The minimum Gasteiger partial charge on any atom is -0.343 e. The van der Waals surface area contributed by atoms with Crippen molar-refractivity contribution in [2.75, 3.05) is 0 Å². The molecule has 0 heterocycles. The minimum absolute atomic E-state index is 0. The van der Waals surface area contributed by atoms with Crippen LogP contribution in [0.5, 0.6) is 0 Å². The predicted molar refractivity (Wildman–Crippen MR) is 113 cm³/mol. The van der Waals surface area contributed by atoms with Crippen LogP contribution in [-0.2, 0) is 25.8 Å². The molecule has 2 aromatic rings.